The zero-order chi connectivity index (χ0) is 15.1. The molecule has 0 fully saturated rings. The smallest absolute Gasteiger partial charge is 0.0902 e. The molecule has 0 bridgehead atoms. The molecule has 0 saturated carbocycles. The summed E-state index contributed by atoms with van der Waals surface area (Å²) in [7, 11) is 0. The fourth-order valence-corrected chi connectivity index (χ4v) is 3.56. The lowest BCUT2D eigenvalue weighted by molar-refractivity contribution is 0.0267. The molecule has 1 aliphatic carbocycles. The number of fused-ring (bicyclic) bond motifs is 1. The van der Waals surface area contributed by atoms with Crippen molar-refractivity contribution in [1.82, 2.24) is 0 Å². The lowest BCUT2D eigenvalue weighted by Crippen LogP contribution is -2.22. The van der Waals surface area contributed by atoms with E-state index in [1.54, 1.807) is 0 Å². The van der Waals surface area contributed by atoms with Crippen LogP contribution in [-0.4, -0.2) is 5.11 Å². The fraction of sp³-hybridized carbons (Fsp3) is 0.684. The van der Waals surface area contributed by atoms with Gasteiger partial charge in [0.2, 0.25) is 0 Å². The number of aliphatic hydroxyl groups is 1. The van der Waals surface area contributed by atoms with Crippen molar-refractivity contribution < 1.29 is 5.11 Å². The highest BCUT2D eigenvalue weighted by atomic mass is 16.3. The van der Waals surface area contributed by atoms with Gasteiger partial charge in [-0.2, -0.15) is 0 Å². The Balaban J connectivity index is 1.70. The van der Waals surface area contributed by atoms with Crippen molar-refractivity contribution in [2.75, 3.05) is 5.73 Å². The second kappa shape index (κ2) is 7.84. The third-order valence-electron chi connectivity index (χ3n) is 4.88. The lowest BCUT2D eigenvalue weighted by atomic mass is 9.89. The first-order valence-corrected chi connectivity index (χ1v) is 8.77. The molecule has 0 saturated heterocycles. The number of rotatable bonds is 9. The van der Waals surface area contributed by atoms with Crippen molar-refractivity contribution >= 4 is 5.69 Å². The van der Waals surface area contributed by atoms with E-state index in [1.807, 2.05) is 18.2 Å². The third kappa shape index (κ3) is 4.47. The normalized spacial score (nSPS) is 20.7. The molecule has 1 unspecified atom stereocenters. The van der Waals surface area contributed by atoms with E-state index >= 15 is 0 Å². The van der Waals surface area contributed by atoms with Crippen LogP contribution in [0.5, 0.6) is 0 Å². The lowest BCUT2D eigenvalue weighted by Gasteiger charge is -2.24. The van der Waals surface area contributed by atoms with Gasteiger partial charge in [0.05, 0.1) is 5.60 Å². The first-order chi connectivity index (χ1) is 10.2. The highest BCUT2D eigenvalue weighted by Gasteiger charge is 2.35. The Bertz CT molecular complexity index is 443. The van der Waals surface area contributed by atoms with E-state index in [-0.39, 0.29) is 0 Å². The summed E-state index contributed by atoms with van der Waals surface area (Å²) in [6.45, 7) is 2.26. The van der Waals surface area contributed by atoms with Crippen LogP contribution in [0.2, 0.25) is 0 Å². The van der Waals surface area contributed by atoms with E-state index in [4.69, 9.17) is 5.73 Å². The number of anilines is 1. The molecule has 0 heterocycles. The van der Waals surface area contributed by atoms with Crippen LogP contribution in [0, 0.1) is 0 Å². The first kappa shape index (κ1) is 16.4. The predicted molar refractivity (Wildman–Crippen MR) is 90.3 cm³/mol. The average Bonchev–Trinajstić information content (AvgIpc) is 2.79. The van der Waals surface area contributed by atoms with Crippen molar-refractivity contribution in [2.45, 2.75) is 83.2 Å². The maximum absolute atomic E-state index is 10.9. The number of nitrogen functional groups attached to an aromatic ring is 1. The van der Waals surface area contributed by atoms with Gasteiger partial charge in [-0.05, 0) is 42.5 Å². The molecule has 2 heteroatoms. The summed E-state index contributed by atoms with van der Waals surface area (Å²) in [5.74, 6) is 0. The van der Waals surface area contributed by atoms with Gasteiger partial charge in [-0.1, -0.05) is 64.4 Å². The van der Waals surface area contributed by atoms with Gasteiger partial charge in [0.15, 0.2) is 0 Å². The number of hydrogen-bond acceptors (Lipinski definition) is 2. The zero-order valence-electron chi connectivity index (χ0n) is 13.5. The minimum Gasteiger partial charge on any atom is -0.399 e. The van der Waals surface area contributed by atoms with Crippen molar-refractivity contribution in [3.63, 3.8) is 0 Å². The highest BCUT2D eigenvalue weighted by molar-refractivity contribution is 5.48. The van der Waals surface area contributed by atoms with Gasteiger partial charge in [-0.3, -0.25) is 0 Å². The molecule has 1 atom stereocenters. The van der Waals surface area contributed by atoms with Gasteiger partial charge >= 0.3 is 0 Å². The standard InChI is InChI=1S/C19H31NO/c1-2-3-4-5-6-7-8-9-13-19(21)14-12-16-15-17(20)10-11-18(16)19/h10-11,15,21H,2-9,12-14,20H2,1H3. The van der Waals surface area contributed by atoms with Gasteiger partial charge < -0.3 is 10.8 Å². The predicted octanol–water partition coefficient (Wildman–Crippen LogP) is 4.93. The molecule has 1 aromatic rings. The average molecular weight is 289 g/mol. The fourth-order valence-electron chi connectivity index (χ4n) is 3.56. The molecule has 2 rings (SSSR count). The van der Waals surface area contributed by atoms with E-state index in [2.05, 4.69) is 6.92 Å². The molecule has 3 N–H and O–H groups in total. The maximum Gasteiger partial charge on any atom is 0.0902 e. The molecular formula is C19H31NO. The van der Waals surface area contributed by atoms with Crippen molar-refractivity contribution in [3.8, 4) is 0 Å². The zero-order valence-corrected chi connectivity index (χ0v) is 13.5. The van der Waals surface area contributed by atoms with Gasteiger partial charge in [0.1, 0.15) is 0 Å². The van der Waals surface area contributed by atoms with Crippen LogP contribution >= 0.6 is 0 Å². The van der Waals surface area contributed by atoms with Gasteiger partial charge in [-0.15, -0.1) is 0 Å². The Labute approximate surface area is 129 Å². The number of aryl methyl sites for hydroxylation is 1. The van der Waals surface area contributed by atoms with E-state index in [1.165, 1.54) is 50.5 Å². The van der Waals surface area contributed by atoms with Crippen molar-refractivity contribution in [3.05, 3.63) is 29.3 Å². The van der Waals surface area contributed by atoms with Gasteiger partial charge in [0, 0.05) is 5.69 Å². The number of benzene rings is 1. The summed E-state index contributed by atoms with van der Waals surface area (Å²) < 4.78 is 0. The summed E-state index contributed by atoms with van der Waals surface area (Å²) in [4.78, 5) is 0. The molecule has 0 aliphatic heterocycles. The Morgan fingerprint density at radius 1 is 1.05 bits per heavy atom. The summed E-state index contributed by atoms with van der Waals surface area (Å²) >= 11 is 0. The Hall–Kier alpha value is -1.02. The van der Waals surface area contributed by atoms with E-state index in [0.29, 0.717) is 0 Å². The monoisotopic (exact) mass is 289 g/mol. The second-order valence-electron chi connectivity index (χ2n) is 6.67. The Kier molecular flexibility index (Phi) is 6.10. The minimum absolute atomic E-state index is 0.592. The molecular weight excluding hydrogens is 258 g/mol. The summed E-state index contributed by atoms with van der Waals surface area (Å²) in [5, 5.41) is 10.9. The number of nitrogens with two attached hydrogens (primary N) is 1. The Morgan fingerprint density at radius 2 is 1.71 bits per heavy atom. The summed E-state index contributed by atoms with van der Waals surface area (Å²) in [6.07, 6.45) is 13.2. The van der Waals surface area contributed by atoms with Crippen molar-refractivity contribution in [1.29, 1.82) is 0 Å². The van der Waals surface area contributed by atoms with Crippen molar-refractivity contribution in [2.24, 2.45) is 0 Å². The van der Waals surface area contributed by atoms with Crippen LogP contribution in [0.4, 0.5) is 5.69 Å². The molecule has 0 amide bonds. The quantitative estimate of drug-likeness (QED) is 0.500. The molecule has 2 nitrogen and oxygen atoms in total. The van der Waals surface area contributed by atoms with E-state index in [9.17, 15) is 5.11 Å². The van der Waals surface area contributed by atoms with E-state index in [0.717, 1.165) is 36.9 Å². The molecule has 118 valence electrons. The molecule has 0 spiro atoms. The minimum atomic E-state index is -0.592. The van der Waals surface area contributed by atoms with Crippen LogP contribution in [0.3, 0.4) is 0 Å². The third-order valence-corrected chi connectivity index (χ3v) is 4.88. The summed E-state index contributed by atoms with van der Waals surface area (Å²) in [5.41, 5.74) is 8.42. The topological polar surface area (TPSA) is 46.2 Å². The van der Waals surface area contributed by atoms with Crippen LogP contribution < -0.4 is 5.73 Å². The van der Waals surface area contributed by atoms with Gasteiger partial charge in [-0.25, -0.2) is 0 Å². The second-order valence-corrected chi connectivity index (χ2v) is 6.67. The maximum atomic E-state index is 10.9. The SMILES string of the molecule is CCCCCCCCCCC1(O)CCc2cc(N)ccc21. The Morgan fingerprint density at radius 3 is 2.43 bits per heavy atom. The largest absolute Gasteiger partial charge is 0.399 e. The molecule has 1 aliphatic rings. The van der Waals surface area contributed by atoms with Crippen LogP contribution in [0.25, 0.3) is 0 Å². The van der Waals surface area contributed by atoms with Crippen LogP contribution in [0.15, 0.2) is 18.2 Å². The molecule has 0 radical (unpaired) electrons. The summed E-state index contributed by atoms with van der Waals surface area (Å²) in [6, 6.07) is 5.98. The van der Waals surface area contributed by atoms with Gasteiger partial charge in [0.25, 0.3) is 0 Å². The van der Waals surface area contributed by atoms with E-state index < -0.39 is 5.60 Å². The highest BCUT2D eigenvalue weighted by Crippen LogP contribution is 2.41. The van der Waals surface area contributed by atoms with Crippen LogP contribution in [-0.2, 0) is 12.0 Å². The van der Waals surface area contributed by atoms with Crippen LogP contribution in [0.1, 0.15) is 82.3 Å². The molecule has 1 aromatic carbocycles. The first-order valence-electron chi connectivity index (χ1n) is 8.77. The number of hydrogen-bond donors (Lipinski definition) is 2. The molecule has 21 heavy (non-hydrogen) atoms. The molecule has 0 aromatic heterocycles. The number of unbranched alkanes of at least 4 members (excludes halogenated alkanes) is 7.